The number of halogens is 1. The molecule has 0 bridgehead atoms. The molecule has 0 aliphatic carbocycles. The third kappa shape index (κ3) is 2.77. The van der Waals surface area contributed by atoms with Crippen LogP contribution in [0, 0.1) is 5.92 Å². The predicted octanol–water partition coefficient (Wildman–Crippen LogP) is 3.46. The molecule has 2 atom stereocenters. The second-order valence-corrected chi connectivity index (χ2v) is 6.01. The van der Waals surface area contributed by atoms with E-state index in [9.17, 15) is 0 Å². The van der Waals surface area contributed by atoms with E-state index in [1.54, 1.807) is 0 Å². The largest absolute Gasteiger partial charge is 0.313 e. The van der Waals surface area contributed by atoms with E-state index in [1.165, 1.54) is 28.0 Å². The van der Waals surface area contributed by atoms with Gasteiger partial charge in [-0.3, -0.25) is 0 Å². The Morgan fingerprint density at radius 2 is 2.40 bits per heavy atom. The van der Waals surface area contributed by atoms with Crippen LogP contribution in [0.4, 0.5) is 0 Å². The van der Waals surface area contributed by atoms with Gasteiger partial charge in [-0.15, -0.1) is 0 Å². The summed E-state index contributed by atoms with van der Waals surface area (Å²) in [6.07, 6.45) is 1.34. The third-order valence-corrected chi connectivity index (χ3v) is 4.64. The molecular weight excluding hydrogens is 270 g/mol. The van der Waals surface area contributed by atoms with Crippen molar-refractivity contribution in [2.75, 3.05) is 18.6 Å². The van der Waals surface area contributed by atoms with Gasteiger partial charge in [0.2, 0.25) is 0 Å². The molecule has 0 radical (unpaired) electrons. The lowest BCUT2D eigenvalue weighted by Gasteiger charge is -2.23. The quantitative estimate of drug-likeness (QED) is 0.913. The van der Waals surface area contributed by atoms with Gasteiger partial charge in [0, 0.05) is 10.5 Å². The molecule has 1 aromatic rings. The molecule has 82 valence electrons. The second kappa shape index (κ2) is 5.37. The molecular formula is C12H16BrNS. The number of nitrogens with one attached hydrogen (secondary N) is 1. The summed E-state index contributed by atoms with van der Waals surface area (Å²) in [6.45, 7) is 0. The van der Waals surface area contributed by atoms with Crippen LogP contribution < -0.4 is 5.32 Å². The average molecular weight is 286 g/mol. The van der Waals surface area contributed by atoms with Crippen molar-refractivity contribution in [3.05, 3.63) is 34.3 Å². The summed E-state index contributed by atoms with van der Waals surface area (Å²) in [5.74, 6) is 3.39. The number of thioether (sulfide) groups is 1. The highest BCUT2D eigenvalue weighted by atomic mass is 79.9. The maximum Gasteiger partial charge on any atom is 0.0354 e. The van der Waals surface area contributed by atoms with E-state index in [1.807, 2.05) is 0 Å². The lowest BCUT2D eigenvalue weighted by molar-refractivity contribution is 0.420. The summed E-state index contributed by atoms with van der Waals surface area (Å²) >= 11 is 5.61. The van der Waals surface area contributed by atoms with E-state index in [-0.39, 0.29) is 0 Å². The van der Waals surface area contributed by atoms with Crippen molar-refractivity contribution >= 4 is 27.7 Å². The molecule has 1 aliphatic rings. The zero-order valence-corrected chi connectivity index (χ0v) is 11.3. The van der Waals surface area contributed by atoms with Gasteiger partial charge in [0.25, 0.3) is 0 Å². The minimum absolute atomic E-state index is 0.512. The molecule has 0 saturated carbocycles. The van der Waals surface area contributed by atoms with Gasteiger partial charge < -0.3 is 5.32 Å². The fraction of sp³-hybridized carbons (Fsp3) is 0.500. The summed E-state index contributed by atoms with van der Waals surface area (Å²) in [4.78, 5) is 0. The standard InChI is InChI=1S/C12H16BrNS/c1-14-12(10-5-6-15-8-10)9-3-2-4-11(13)7-9/h2-4,7,10,12,14H,5-6,8H2,1H3. The molecule has 15 heavy (non-hydrogen) atoms. The summed E-state index contributed by atoms with van der Waals surface area (Å²) < 4.78 is 1.17. The topological polar surface area (TPSA) is 12.0 Å². The molecule has 0 amide bonds. The van der Waals surface area contributed by atoms with Crippen molar-refractivity contribution in [3.63, 3.8) is 0 Å². The van der Waals surface area contributed by atoms with Gasteiger partial charge in [0.15, 0.2) is 0 Å². The molecule has 0 spiro atoms. The fourth-order valence-corrected chi connectivity index (χ4v) is 3.91. The maximum absolute atomic E-state index is 3.54. The van der Waals surface area contributed by atoms with Crippen LogP contribution in [0.15, 0.2) is 28.7 Å². The van der Waals surface area contributed by atoms with Crippen LogP contribution in [0.2, 0.25) is 0 Å². The Labute approximate surface area is 104 Å². The van der Waals surface area contributed by atoms with E-state index < -0.39 is 0 Å². The summed E-state index contributed by atoms with van der Waals surface area (Å²) in [6, 6.07) is 9.15. The van der Waals surface area contributed by atoms with Gasteiger partial charge >= 0.3 is 0 Å². The first kappa shape index (κ1) is 11.5. The minimum Gasteiger partial charge on any atom is -0.313 e. The Morgan fingerprint density at radius 3 is 3.00 bits per heavy atom. The first-order chi connectivity index (χ1) is 7.31. The Bertz CT molecular complexity index is 323. The zero-order valence-electron chi connectivity index (χ0n) is 8.87. The molecule has 1 fully saturated rings. The van der Waals surface area contributed by atoms with Crippen LogP contribution in [0.3, 0.4) is 0 Å². The first-order valence-electron chi connectivity index (χ1n) is 5.31. The molecule has 1 aromatic carbocycles. The minimum atomic E-state index is 0.512. The predicted molar refractivity (Wildman–Crippen MR) is 71.4 cm³/mol. The number of rotatable bonds is 3. The smallest absolute Gasteiger partial charge is 0.0354 e. The Balaban J connectivity index is 2.18. The molecule has 1 nitrogen and oxygen atoms in total. The first-order valence-corrected chi connectivity index (χ1v) is 7.26. The van der Waals surface area contributed by atoms with Crippen molar-refractivity contribution in [1.82, 2.24) is 5.32 Å². The molecule has 0 aromatic heterocycles. The van der Waals surface area contributed by atoms with Crippen molar-refractivity contribution in [2.45, 2.75) is 12.5 Å². The summed E-state index contributed by atoms with van der Waals surface area (Å²) in [7, 11) is 2.06. The second-order valence-electron chi connectivity index (χ2n) is 3.95. The van der Waals surface area contributed by atoms with Gasteiger partial charge in [-0.05, 0) is 48.6 Å². The van der Waals surface area contributed by atoms with Crippen molar-refractivity contribution < 1.29 is 0 Å². The van der Waals surface area contributed by atoms with Crippen LogP contribution in [-0.4, -0.2) is 18.6 Å². The Hall–Kier alpha value is 0.01000. The molecule has 2 rings (SSSR count). The fourth-order valence-electron chi connectivity index (χ4n) is 2.19. The van der Waals surface area contributed by atoms with Crippen molar-refractivity contribution in [2.24, 2.45) is 5.92 Å². The van der Waals surface area contributed by atoms with E-state index in [0.717, 1.165) is 5.92 Å². The van der Waals surface area contributed by atoms with E-state index in [4.69, 9.17) is 0 Å². The van der Waals surface area contributed by atoms with Crippen molar-refractivity contribution in [3.8, 4) is 0 Å². The number of hydrogen-bond donors (Lipinski definition) is 1. The molecule has 1 saturated heterocycles. The Kier molecular flexibility index (Phi) is 4.12. The molecule has 2 unspecified atom stereocenters. The van der Waals surface area contributed by atoms with Crippen LogP contribution in [0.1, 0.15) is 18.0 Å². The summed E-state index contributed by atoms with van der Waals surface area (Å²) in [5, 5.41) is 3.45. The van der Waals surface area contributed by atoms with Crippen LogP contribution in [0.5, 0.6) is 0 Å². The normalized spacial score (nSPS) is 22.9. The highest BCUT2D eigenvalue weighted by molar-refractivity contribution is 9.10. The lowest BCUT2D eigenvalue weighted by atomic mass is 9.93. The molecule has 1 N–H and O–H groups in total. The van der Waals surface area contributed by atoms with Gasteiger partial charge in [-0.25, -0.2) is 0 Å². The molecule has 1 heterocycles. The summed E-state index contributed by atoms with van der Waals surface area (Å²) in [5.41, 5.74) is 1.40. The highest BCUT2D eigenvalue weighted by Crippen LogP contribution is 2.34. The highest BCUT2D eigenvalue weighted by Gasteiger charge is 2.25. The zero-order chi connectivity index (χ0) is 10.7. The Morgan fingerprint density at radius 1 is 1.53 bits per heavy atom. The monoisotopic (exact) mass is 285 g/mol. The van der Waals surface area contributed by atoms with E-state index >= 15 is 0 Å². The lowest BCUT2D eigenvalue weighted by Crippen LogP contribution is -2.25. The van der Waals surface area contributed by atoms with E-state index in [0.29, 0.717) is 6.04 Å². The van der Waals surface area contributed by atoms with Crippen LogP contribution in [0.25, 0.3) is 0 Å². The number of benzene rings is 1. The van der Waals surface area contributed by atoms with Crippen molar-refractivity contribution in [1.29, 1.82) is 0 Å². The maximum atomic E-state index is 3.54. The molecule has 3 heteroatoms. The van der Waals surface area contributed by atoms with Crippen LogP contribution in [-0.2, 0) is 0 Å². The molecule has 1 aliphatic heterocycles. The van der Waals surface area contributed by atoms with Gasteiger partial charge in [0.05, 0.1) is 0 Å². The number of hydrogen-bond acceptors (Lipinski definition) is 2. The SMILES string of the molecule is CNC(c1cccc(Br)c1)C1CCSC1. The third-order valence-electron chi connectivity index (χ3n) is 2.96. The van der Waals surface area contributed by atoms with Gasteiger partial charge in [0.1, 0.15) is 0 Å². The average Bonchev–Trinajstić information content (AvgIpc) is 2.72. The van der Waals surface area contributed by atoms with Crippen LogP contribution >= 0.6 is 27.7 Å². The van der Waals surface area contributed by atoms with Gasteiger partial charge in [-0.1, -0.05) is 28.1 Å². The van der Waals surface area contributed by atoms with E-state index in [2.05, 4.69) is 64.3 Å². The van der Waals surface area contributed by atoms with Gasteiger partial charge in [-0.2, -0.15) is 11.8 Å².